The van der Waals surface area contributed by atoms with Gasteiger partial charge in [0, 0.05) is 17.7 Å². The second kappa shape index (κ2) is 10.7. The lowest BCUT2D eigenvalue weighted by atomic mass is 10.0. The predicted octanol–water partition coefficient (Wildman–Crippen LogP) is 5.85. The molecule has 0 spiro atoms. The molecule has 3 nitrogen and oxygen atoms in total. The Hall–Kier alpha value is -2.17. The van der Waals surface area contributed by atoms with Gasteiger partial charge >= 0.3 is 0 Å². The van der Waals surface area contributed by atoms with Crippen LogP contribution in [0.15, 0.2) is 60.7 Å². The average Bonchev–Trinajstić information content (AvgIpc) is 3.31. The van der Waals surface area contributed by atoms with Gasteiger partial charge in [-0.3, -0.25) is 0 Å². The third kappa shape index (κ3) is 5.30. The number of rotatable bonds is 10. The number of nitrogens with one attached hydrogen (secondary N) is 1. The van der Waals surface area contributed by atoms with Gasteiger partial charge in [-0.15, -0.1) is 11.8 Å². The van der Waals surface area contributed by atoms with E-state index in [0.717, 1.165) is 56.8 Å². The molecule has 0 bridgehead atoms. The minimum atomic E-state index is 0.531. The molecule has 1 atom stereocenters. The Morgan fingerprint density at radius 2 is 1.70 bits per heavy atom. The molecule has 0 aromatic heterocycles. The van der Waals surface area contributed by atoms with Gasteiger partial charge in [0.1, 0.15) is 11.5 Å². The minimum absolute atomic E-state index is 0.531. The fraction of sp³-hybridized carbons (Fsp3) is 0.385. The normalized spacial score (nSPS) is 16.1. The fourth-order valence-corrected chi connectivity index (χ4v) is 5.19. The van der Waals surface area contributed by atoms with Crippen LogP contribution in [0.5, 0.6) is 11.5 Å². The number of thioether (sulfide) groups is 1. The third-order valence-corrected chi connectivity index (χ3v) is 6.89. The van der Waals surface area contributed by atoms with Crippen molar-refractivity contribution in [3.63, 3.8) is 0 Å². The maximum atomic E-state index is 6.20. The molecule has 1 fully saturated rings. The standard InChI is InChI=1S/C26H31NO2S/c1-28-24-13-7-4-10-20(24)9-3-2-8-17-29-25-15-14-21(19-26-27-16-18-30-26)22-11-5-6-12-23(22)25/h4-7,10-15,26-27H,2-3,8-9,16-19H2,1H3. The van der Waals surface area contributed by atoms with Crippen LogP contribution in [0.4, 0.5) is 0 Å². The summed E-state index contributed by atoms with van der Waals surface area (Å²) in [7, 11) is 1.74. The Morgan fingerprint density at radius 3 is 2.53 bits per heavy atom. The third-order valence-electron chi connectivity index (χ3n) is 5.71. The summed E-state index contributed by atoms with van der Waals surface area (Å²) in [5.74, 6) is 3.21. The highest BCUT2D eigenvalue weighted by Crippen LogP contribution is 2.31. The Morgan fingerprint density at radius 1 is 0.867 bits per heavy atom. The fourth-order valence-electron chi connectivity index (χ4n) is 4.13. The van der Waals surface area contributed by atoms with Crippen LogP contribution in [0.2, 0.25) is 0 Å². The van der Waals surface area contributed by atoms with Gasteiger partial charge in [-0.25, -0.2) is 0 Å². The molecular weight excluding hydrogens is 390 g/mol. The van der Waals surface area contributed by atoms with E-state index in [2.05, 4.69) is 53.8 Å². The van der Waals surface area contributed by atoms with E-state index in [1.54, 1.807) is 7.11 Å². The van der Waals surface area contributed by atoms with E-state index in [0.29, 0.717) is 5.37 Å². The summed E-state index contributed by atoms with van der Waals surface area (Å²) in [6, 6.07) is 21.3. The van der Waals surface area contributed by atoms with Crippen LogP contribution in [-0.4, -0.2) is 31.4 Å². The molecule has 4 heteroatoms. The molecule has 1 unspecified atom stereocenters. The molecule has 1 aliphatic rings. The lowest BCUT2D eigenvalue weighted by molar-refractivity contribution is 0.308. The SMILES string of the molecule is COc1ccccc1CCCCCOc1ccc(CC2NCCS2)c2ccccc12. The monoisotopic (exact) mass is 421 g/mol. The molecule has 1 saturated heterocycles. The number of fused-ring (bicyclic) bond motifs is 1. The van der Waals surface area contributed by atoms with Gasteiger partial charge in [0.05, 0.1) is 19.1 Å². The molecule has 0 amide bonds. The van der Waals surface area contributed by atoms with Crippen molar-refractivity contribution in [2.45, 2.75) is 37.5 Å². The van der Waals surface area contributed by atoms with Crippen molar-refractivity contribution in [3.8, 4) is 11.5 Å². The first-order valence-electron chi connectivity index (χ1n) is 11.0. The molecule has 1 aliphatic heterocycles. The summed E-state index contributed by atoms with van der Waals surface area (Å²) in [5, 5.41) is 6.66. The number of benzene rings is 3. The summed E-state index contributed by atoms with van der Waals surface area (Å²) in [6.45, 7) is 1.88. The van der Waals surface area contributed by atoms with Gasteiger partial charge in [-0.05, 0) is 60.7 Å². The zero-order chi connectivity index (χ0) is 20.6. The maximum Gasteiger partial charge on any atom is 0.127 e. The number of methoxy groups -OCH3 is 1. The van der Waals surface area contributed by atoms with Gasteiger partial charge in [0.15, 0.2) is 0 Å². The lowest BCUT2D eigenvalue weighted by Crippen LogP contribution is -2.21. The molecule has 3 aromatic rings. The first kappa shape index (κ1) is 21.1. The van der Waals surface area contributed by atoms with Gasteiger partial charge in [0.2, 0.25) is 0 Å². The number of hydrogen-bond donors (Lipinski definition) is 1. The van der Waals surface area contributed by atoms with Crippen molar-refractivity contribution in [2.24, 2.45) is 0 Å². The maximum absolute atomic E-state index is 6.20. The van der Waals surface area contributed by atoms with Crippen LogP contribution in [-0.2, 0) is 12.8 Å². The molecule has 158 valence electrons. The van der Waals surface area contributed by atoms with Gasteiger partial charge < -0.3 is 14.8 Å². The van der Waals surface area contributed by atoms with E-state index in [4.69, 9.17) is 9.47 Å². The molecule has 1 heterocycles. The largest absolute Gasteiger partial charge is 0.496 e. The van der Waals surface area contributed by atoms with Crippen molar-refractivity contribution in [3.05, 3.63) is 71.8 Å². The van der Waals surface area contributed by atoms with E-state index in [-0.39, 0.29) is 0 Å². The number of para-hydroxylation sites is 1. The topological polar surface area (TPSA) is 30.5 Å². The molecule has 4 rings (SSSR count). The highest BCUT2D eigenvalue weighted by atomic mass is 32.2. The number of ether oxygens (including phenoxy) is 2. The molecule has 0 radical (unpaired) electrons. The summed E-state index contributed by atoms with van der Waals surface area (Å²) >= 11 is 2.02. The van der Waals surface area contributed by atoms with E-state index >= 15 is 0 Å². The van der Waals surface area contributed by atoms with Crippen molar-refractivity contribution in [1.29, 1.82) is 0 Å². The Bertz CT molecular complexity index is 953. The second-order valence-electron chi connectivity index (χ2n) is 7.76. The van der Waals surface area contributed by atoms with Gasteiger partial charge in [-0.1, -0.05) is 48.5 Å². The zero-order valence-electron chi connectivity index (χ0n) is 17.7. The number of hydrogen-bond acceptors (Lipinski definition) is 4. The molecule has 0 saturated carbocycles. The summed E-state index contributed by atoms with van der Waals surface area (Å²) < 4.78 is 11.6. The Kier molecular flexibility index (Phi) is 7.54. The zero-order valence-corrected chi connectivity index (χ0v) is 18.5. The molecule has 3 aromatic carbocycles. The quantitative estimate of drug-likeness (QED) is 0.416. The number of aryl methyl sites for hydroxylation is 1. The average molecular weight is 422 g/mol. The Balaban J connectivity index is 1.30. The van der Waals surface area contributed by atoms with E-state index in [9.17, 15) is 0 Å². The minimum Gasteiger partial charge on any atom is -0.496 e. The van der Waals surface area contributed by atoms with Gasteiger partial charge in [0.25, 0.3) is 0 Å². The van der Waals surface area contributed by atoms with Crippen molar-refractivity contribution < 1.29 is 9.47 Å². The van der Waals surface area contributed by atoms with Crippen LogP contribution >= 0.6 is 11.8 Å². The van der Waals surface area contributed by atoms with Crippen LogP contribution in [0.25, 0.3) is 10.8 Å². The van der Waals surface area contributed by atoms with Crippen LogP contribution in [0.1, 0.15) is 30.4 Å². The smallest absolute Gasteiger partial charge is 0.127 e. The van der Waals surface area contributed by atoms with E-state index in [1.807, 2.05) is 23.9 Å². The molecule has 1 N–H and O–H groups in total. The predicted molar refractivity (Wildman–Crippen MR) is 128 cm³/mol. The lowest BCUT2D eigenvalue weighted by Gasteiger charge is -2.15. The Labute approximate surface area is 184 Å². The van der Waals surface area contributed by atoms with Crippen LogP contribution in [0, 0.1) is 0 Å². The van der Waals surface area contributed by atoms with Crippen molar-refractivity contribution in [2.75, 3.05) is 26.0 Å². The summed E-state index contributed by atoms with van der Waals surface area (Å²) in [6.07, 6.45) is 5.48. The first-order chi connectivity index (χ1) is 14.8. The van der Waals surface area contributed by atoms with Crippen molar-refractivity contribution >= 4 is 22.5 Å². The second-order valence-corrected chi connectivity index (χ2v) is 9.07. The van der Waals surface area contributed by atoms with E-state index < -0.39 is 0 Å². The molecule has 30 heavy (non-hydrogen) atoms. The van der Waals surface area contributed by atoms with Crippen molar-refractivity contribution in [1.82, 2.24) is 5.32 Å². The van der Waals surface area contributed by atoms with E-state index in [1.165, 1.54) is 27.7 Å². The molecule has 0 aliphatic carbocycles. The number of unbranched alkanes of at least 4 members (excludes halogenated alkanes) is 2. The summed E-state index contributed by atoms with van der Waals surface area (Å²) in [5.41, 5.74) is 2.69. The first-order valence-corrected chi connectivity index (χ1v) is 12.0. The van der Waals surface area contributed by atoms with Gasteiger partial charge in [-0.2, -0.15) is 0 Å². The van der Waals surface area contributed by atoms with Crippen LogP contribution < -0.4 is 14.8 Å². The molecular formula is C26H31NO2S. The summed E-state index contributed by atoms with van der Waals surface area (Å²) in [4.78, 5) is 0. The highest BCUT2D eigenvalue weighted by molar-refractivity contribution is 8.00. The van der Waals surface area contributed by atoms with Crippen LogP contribution in [0.3, 0.4) is 0 Å². The highest BCUT2D eigenvalue weighted by Gasteiger charge is 2.17.